The molecule has 2 aromatic carbocycles. The zero-order valence-corrected chi connectivity index (χ0v) is 17.2. The van der Waals surface area contributed by atoms with Gasteiger partial charge >= 0.3 is 0 Å². The van der Waals surface area contributed by atoms with Crippen molar-refractivity contribution in [2.45, 2.75) is 25.8 Å². The fourth-order valence-electron chi connectivity index (χ4n) is 4.27. The van der Waals surface area contributed by atoms with Crippen molar-refractivity contribution in [2.24, 2.45) is 0 Å². The van der Waals surface area contributed by atoms with E-state index in [9.17, 15) is 14.9 Å². The summed E-state index contributed by atoms with van der Waals surface area (Å²) in [7, 11) is 3.19. The highest BCUT2D eigenvalue weighted by molar-refractivity contribution is 6.00. The molecule has 2 aliphatic rings. The number of nitro benzene ring substituents is 1. The van der Waals surface area contributed by atoms with Crippen molar-refractivity contribution in [1.82, 2.24) is 4.90 Å². The average molecular weight is 411 g/mol. The van der Waals surface area contributed by atoms with Gasteiger partial charge in [0.05, 0.1) is 30.4 Å². The Labute approximate surface area is 175 Å². The normalized spacial score (nSPS) is 15.7. The van der Waals surface area contributed by atoms with Gasteiger partial charge in [-0.05, 0) is 48.6 Å². The molecule has 2 aliphatic heterocycles. The highest BCUT2D eigenvalue weighted by Crippen LogP contribution is 2.35. The maximum Gasteiger partial charge on any atom is 0.270 e. The van der Waals surface area contributed by atoms with Crippen molar-refractivity contribution < 1.29 is 19.2 Å². The summed E-state index contributed by atoms with van der Waals surface area (Å²) in [5.41, 5.74) is 3.23. The van der Waals surface area contributed by atoms with Gasteiger partial charge in [-0.2, -0.15) is 0 Å². The summed E-state index contributed by atoms with van der Waals surface area (Å²) in [5.74, 6) is 1.12. The second-order valence-corrected chi connectivity index (χ2v) is 7.61. The molecule has 0 radical (unpaired) electrons. The van der Waals surface area contributed by atoms with Crippen LogP contribution in [-0.4, -0.2) is 49.6 Å². The van der Waals surface area contributed by atoms with Crippen molar-refractivity contribution in [2.75, 3.05) is 38.8 Å². The Bertz CT molecular complexity index is 985. The molecule has 2 aromatic rings. The largest absolute Gasteiger partial charge is 0.493 e. The Kier molecular flexibility index (Phi) is 5.48. The number of hydrogen-bond donors (Lipinski definition) is 0. The topological polar surface area (TPSA) is 85.1 Å². The van der Waals surface area contributed by atoms with Crippen LogP contribution in [0.3, 0.4) is 0 Å². The first-order valence-electron chi connectivity index (χ1n) is 10.1. The van der Waals surface area contributed by atoms with Gasteiger partial charge in [-0.1, -0.05) is 0 Å². The zero-order chi connectivity index (χ0) is 21.3. The van der Waals surface area contributed by atoms with Gasteiger partial charge in [0.15, 0.2) is 11.5 Å². The Balaban J connectivity index is 1.66. The van der Waals surface area contributed by atoms with Crippen molar-refractivity contribution in [1.29, 1.82) is 0 Å². The third-order valence-electron chi connectivity index (χ3n) is 5.87. The van der Waals surface area contributed by atoms with Gasteiger partial charge < -0.3 is 19.3 Å². The van der Waals surface area contributed by atoms with Crippen LogP contribution in [0.15, 0.2) is 30.3 Å². The lowest BCUT2D eigenvalue weighted by atomic mass is 9.97. The van der Waals surface area contributed by atoms with Crippen molar-refractivity contribution >= 4 is 17.3 Å². The number of fused-ring (bicyclic) bond motifs is 1. The molecular weight excluding hydrogens is 386 g/mol. The number of carbonyl (C=O) groups excluding carboxylic acids is 1. The monoisotopic (exact) mass is 411 g/mol. The van der Waals surface area contributed by atoms with Crippen LogP contribution in [0.1, 0.15) is 34.3 Å². The van der Waals surface area contributed by atoms with Gasteiger partial charge in [-0.15, -0.1) is 0 Å². The molecule has 158 valence electrons. The first kappa shape index (κ1) is 20.0. The molecule has 1 saturated heterocycles. The number of anilines is 1. The van der Waals surface area contributed by atoms with E-state index in [1.807, 2.05) is 12.1 Å². The van der Waals surface area contributed by atoms with Gasteiger partial charge in [-0.3, -0.25) is 14.9 Å². The molecule has 0 aromatic heterocycles. The maximum atomic E-state index is 13.5. The number of methoxy groups -OCH3 is 2. The first-order chi connectivity index (χ1) is 14.5. The first-order valence-corrected chi connectivity index (χ1v) is 10.1. The highest BCUT2D eigenvalue weighted by atomic mass is 16.6. The molecule has 0 spiro atoms. The lowest BCUT2D eigenvalue weighted by molar-refractivity contribution is -0.384. The van der Waals surface area contributed by atoms with E-state index in [1.165, 1.54) is 12.1 Å². The average Bonchev–Trinajstić information content (AvgIpc) is 3.31. The summed E-state index contributed by atoms with van der Waals surface area (Å²) in [5, 5.41) is 11.3. The smallest absolute Gasteiger partial charge is 0.270 e. The van der Waals surface area contributed by atoms with E-state index in [4.69, 9.17) is 9.47 Å². The molecule has 8 nitrogen and oxygen atoms in total. The van der Waals surface area contributed by atoms with Gasteiger partial charge in [0, 0.05) is 38.3 Å². The second-order valence-electron chi connectivity index (χ2n) is 7.61. The van der Waals surface area contributed by atoms with Crippen LogP contribution in [0.4, 0.5) is 11.4 Å². The molecule has 0 unspecified atom stereocenters. The van der Waals surface area contributed by atoms with Crippen LogP contribution in [0.5, 0.6) is 11.5 Å². The number of ether oxygens (including phenoxy) is 2. The van der Waals surface area contributed by atoms with Gasteiger partial charge in [-0.25, -0.2) is 0 Å². The number of non-ortho nitro benzene ring substituents is 1. The fraction of sp³-hybridized carbons (Fsp3) is 0.409. The van der Waals surface area contributed by atoms with E-state index in [1.54, 1.807) is 25.2 Å². The van der Waals surface area contributed by atoms with E-state index in [2.05, 4.69) is 4.90 Å². The minimum atomic E-state index is -0.451. The minimum Gasteiger partial charge on any atom is -0.493 e. The van der Waals surface area contributed by atoms with Gasteiger partial charge in [0.1, 0.15) is 0 Å². The van der Waals surface area contributed by atoms with E-state index < -0.39 is 4.92 Å². The van der Waals surface area contributed by atoms with E-state index in [0.29, 0.717) is 36.6 Å². The summed E-state index contributed by atoms with van der Waals surface area (Å²) < 4.78 is 10.8. The van der Waals surface area contributed by atoms with E-state index in [0.717, 1.165) is 42.7 Å². The van der Waals surface area contributed by atoms with Crippen molar-refractivity contribution in [3.63, 3.8) is 0 Å². The number of nitro groups is 1. The lowest BCUT2D eigenvalue weighted by Gasteiger charge is -2.31. The molecular formula is C22H25N3O5. The molecule has 2 heterocycles. The second kappa shape index (κ2) is 8.22. The highest BCUT2D eigenvalue weighted by Gasteiger charge is 2.28. The number of amides is 1. The van der Waals surface area contributed by atoms with E-state index in [-0.39, 0.29) is 11.6 Å². The van der Waals surface area contributed by atoms with Crippen LogP contribution in [0.2, 0.25) is 0 Å². The number of benzene rings is 2. The number of hydrogen-bond acceptors (Lipinski definition) is 6. The van der Waals surface area contributed by atoms with Crippen LogP contribution >= 0.6 is 0 Å². The van der Waals surface area contributed by atoms with Crippen molar-refractivity contribution in [3.8, 4) is 11.5 Å². The molecule has 1 fully saturated rings. The molecule has 0 N–H and O–H groups in total. The molecule has 30 heavy (non-hydrogen) atoms. The van der Waals surface area contributed by atoms with Crippen LogP contribution in [0.25, 0.3) is 0 Å². The number of carbonyl (C=O) groups is 1. The predicted molar refractivity (Wildman–Crippen MR) is 113 cm³/mol. The zero-order valence-electron chi connectivity index (χ0n) is 17.2. The Morgan fingerprint density at radius 3 is 2.30 bits per heavy atom. The number of rotatable bonds is 5. The van der Waals surface area contributed by atoms with Crippen molar-refractivity contribution in [3.05, 3.63) is 57.1 Å². The number of nitrogens with zero attached hydrogens (tertiary/aromatic N) is 3. The lowest BCUT2D eigenvalue weighted by Crippen LogP contribution is -2.37. The Morgan fingerprint density at radius 1 is 1.00 bits per heavy atom. The van der Waals surface area contributed by atoms with Gasteiger partial charge in [0.2, 0.25) is 0 Å². The summed E-state index contributed by atoms with van der Waals surface area (Å²) in [6, 6.07) is 8.47. The van der Waals surface area contributed by atoms with Gasteiger partial charge in [0.25, 0.3) is 11.6 Å². The Hall–Kier alpha value is -3.29. The maximum absolute atomic E-state index is 13.5. The van der Waals surface area contributed by atoms with E-state index >= 15 is 0 Å². The standard InChI is InChI=1S/C22H25N3O5/c1-29-20-11-15-7-10-24(14-16(15)12-21(20)30-2)22(26)18-13-17(25(27)28)5-6-19(18)23-8-3-4-9-23/h5-6,11-13H,3-4,7-10,14H2,1-2H3. The SMILES string of the molecule is COc1cc2c(cc1OC)CN(C(=O)c1cc([N+](=O)[O-])ccc1N1CCCC1)CC2. The molecule has 4 rings (SSSR count). The minimum absolute atomic E-state index is 0.0647. The van der Waals surface area contributed by atoms with Crippen LogP contribution < -0.4 is 14.4 Å². The third-order valence-corrected chi connectivity index (χ3v) is 5.87. The van der Waals surface area contributed by atoms with Crippen LogP contribution in [-0.2, 0) is 13.0 Å². The summed E-state index contributed by atoms with van der Waals surface area (Å²) in [6.07, 6.45) is 2.81. The third kappa shape index (κ3) is 3.65. The fourth-order valence-corrected chi connectivity index (χ4v) is 4.27. The summed E-state index contributed by atoms with van der Waals surface area (Å²) in [4.78, 5) is 28.2. The molecule has 0 atom stereocenters. The summed E-state index contributed by atoms with van der Waals surface area (Å²) >= 11 is 0. The Morgan fingerprint density at radius 2 is 1.67 bits per heavy atom. The summed E-state index contributed by atoms with van der Waals surface area (Å²) in [6.45, 7) is 2.69. The molecule has 0 aliphatic carbocycles. The predicted octanol–water partition coefficient (Wildman–Crippen LogP) is 3.41. The molecule has 0 saturated carbocycles. The quantitative estimate of drug-likeness (QED) is 0.554. The molecule has 8 heteroatoms. The molecule has 1 amide bonds. The van der Waals surface area contributed by atoms with Crippen LogP contribution in [0, 0.1) is 10.1 Å². The molecule has 0 bridgehead atoms.